The van der Waals surface area contributed by atoms with Crippen LogP contribution in [0.1, 0.15) is 5.69 Å². The smallest absolute Gasteiger partial charge is 0.166 e. The Morgan fingerprint density at radius 2 is 0.607 bits per heavy atom. The lowest BCUT2D eigenvalue weighted by molar-refractivity contribution is 0.412. The van der Waals surface area contributed by atoms with Crippen LogP contribution in [0.25, 0.3) is 92.3 Å². The second-order valence-electron chi connectivity index (χ2n) is 14.3. The molecule has 56 heavy (non-hydrogen) atoms. The van der Waals surface area contributed by atoms with Gasteiger partial charge in [0.2, 0.25) is 0 Å². The normalized spacial score (nSPS) is 13.4. The zero-order valence-electron chi connectivity index (χ0n) is 28.1. The number of phenols is 16. The van der Waals surface area contributed by atoms with Crippen molar-refractivity contribution in [1.82, 2.24) is 19.9 Å². The number of aromatic nitrogens is 4. The number of rotatable bonds is 0. The van der Waals surface area contributed by atoms with Gasteiger partial charge in [0, 0.05) is 86.2 Å². The fraction of sp³-hybridized carbons (Fsp3) is 0. The number of nitrogens with zero attached hydrogens (tertiary/aromatic N) is 3. The van der Waals surface area contributed by atoms with Crippen molar-refractivity contribution in [2.24, 2.45) is 15.0 Å². The van der Waals surface area contributed by atoms with E-state index in [2.05, 4.69) is 19.9 Å². The van der Waals surface area contributed by atoms with Gasteiger partial charge in [-0.15, -0.1) is 0 Å². The highest BCUT2D eigenvalue weighted by Crippen LogP contribution is 2.52. The van der Waals surface area contributed by atoms with Crippen LogP contribution >= 0.6 is 0 Å². The summed E-state index contributed by atoms with van der Waals surface area (Å²) in [5.74, 6) is -1.86. The molecule has 15 nitrogen and oxygen atoms in total. The van der Waals surface area contributed by atoms with Gasteiger partial charge in [-0.25, -0.2) is 15.0 Å². The molecule has 1 aliphatic rings. The van der Waals surface area contributed by atoms with Crippen molar-refractivity contribution in [2.75, 3.05) is 0 Å². The van der Waals surface area contributed by atoms with Crippen molar-refractivity contribution in [3.05, 3.63) is 76.0 Å². The van der Waals surface area contributed by atoms with Crippen molar-refractivity contribution in [3.8, 4) is 46.0 Å². The molecule has 15 heteroatoms. The first-order valence-corrected chi connectivity index (χ1v) is 17.4. The van der Waals surface area contributed by atoms with E-state index in [1.807, 2.05) is 0 Å². The number of aromatic amines is 4. The van der Waals surface area contributed by atoms with Crippen LogP contribution in [0.4, 0.5) is 17.5 Å². The lowest BCUT2D eigenvalue weighted by Crippen LogP contribution is -2.10. The van der Waals surface area contributed by atoms with Gasteiger partial charge in [0.15, 0.2) is 46.0 Å². The molecule has 0 aliphatic carbocycles. The molecule has 0 saturated heterocycles. The van der Waals surface area contributed by atoms with Crippen LogP contribution in [-0.4, -0.2) is 60.8 Å². The molecule has 12 aromatic carbocycles. The molecule has 0 atom stereocenters. The first kappa shape index (κ1) is 29.2. The summed E-state index contributed by atoms with van der Waals surface area (Å²) in [6.45, 7) is 0. The molecule has 0 radical (unpaired) electrons. The van der Waals surface area contributed by atoms with Crippen LogP contribution in [0.3, 0.4) is 0 Å². The standard InChI is InChI=1S/C41H21N7O8/c49-28-10-1-3-12(30(28)51)22-20(10)18-9-19-21-11-2-4-13(31(52)29(11)50)23(21)37(43-19)45-39-25-15-6-8-17(35(56)33(15)54)27(25)41(47-39)48-40-26-16-7-5-14(32(53)34(16)55)24(26)38(46-40)44-36(22)42-18/h1-9,49-56H,(H4,42,43,44,45,46,47,48). The summed E-state index contributed by atoms with van der Waals surface area (Å²) >= 11 is 0. The van der Waals surface area contributed by atoms with Crippen LogP contribution < -0.4 is 21.8 Å². The fourth-order valence-corrected chi connectivity index (χ4v) is 9.22. The maximum absolute atomic E-state index is 11.1. The van der Waals surface area contributed by atoms with E-state index in [1.54, 1.807) is 54.6 Å². The lowest BCUT2D eigenvalue weighted by atomic mass is 9.97. The van der Waals surface area contributed by atoms with Crippen LogP contribution in [0.2, 0.25) is 0 Å². The molecule has 1 aliphatic heterocycles. The Morgan fingerprint density at radius 1 is 0.304 bits per heavy atom. The zero-order valence-corrected chi connectivity index (χ0v) is 28.1. The predicted molar refractivity (Wildman–Crippen MR) is 207 cm³/mol. The molecule has 12 N–H and O–H groups in total. The Kier molecular flexibility index (Phi) is 4.72. The SMILES string of the molecule is Oc1c(O)c2ccc1c1c3[nH]c(c21)N=c1[nH]c(c2c4ccc(c(O)c4O)c12)=Nc1[nH]c(c2c4ccc(c(O)c4O)c12)N=c1[nH]c(c2c4ccc(c(O)c4O)c12)=C3. The molecule has 16 aromatic rings. The summed E-state index contributed by atoms with van der Waals surface area (Å²) in [7, 11) is 0. The van der Waals surface area contributed by atoms with Gasteiger partial charge in [-0.3, -0.25) is 0 Å². The topological polar surface area (TPSA) is 262 Å². The van der Waals surface area contributed by atoms with E-state index >= 15 is 0 Å². The molecule has 0 spiro atoms. The van der Waals surface area contributed by atoms with Gasteiger partial charge in [0.25, 0.3) is 0 Å². The first-order chi connectivity index (χ1) is 27.1. The van der Waals surface area contributed by atoms with Gasteiger partial charge in [0.05, 0.1) is 11.0 Å². The summed E-state index contributed by atoms with van der Waals surface area (Å²) in [6.07, 6.45) is 1.77. The highest BCUT2D eigenvalue weighted by molar-refractivity contribution is 6.25. The monoisotopic (exact) mass is 739 g/mol. The van der Waals surface area contributed by atoms with E-state index in [0.29, 0.717) is 86.5 Å². The second-order valence-corrected chi connectivity index (χ2v) is 14.3. The molecule has 268 valence electrons. The largest absolute Gasteiger partial charge is 0.504 e. The van der Waals surface area contributed by atoms with E-state index in [4.69, 9.17) is 15.0 Å². The molecule has 4 aromatic heterocycles. The number of hydrogen-bond acceptors (Lipinski definition) is 11. The van der Waals surface area contributed by atoms with Crippen molar-refractivity contribution in [2.45, 2.75) is 0 Å². The maximum atomic E-state index is 11.1. The van der Waals surface area contributed by atoms with E-state index < -0.39 is 0 Å². The third-order valence-corrected chi connectivity index (χ3v) is 11.7. The van der Waals surface area contributed by atoms with Gasteiger partial charge in [-0.05, 0) is 54.6 Å². The minimum atomic E-state index is -0.340. The molecule has 0 fully saturated rings. The first-order valence-electron chi connectivity index (χ1n) is 17.4. The summed E-state index contributed by atoms with van der Waals surface area (Å²) < 4.78 is 0. The highest BCUT2D eigenvalue weighted by Gasteiger charge is 2.27. The average Bonchev–Trinajstić information content (AvgIpc) is 3.96. The van der Waals surface area contributed by atoms with E-state index in [1.165, 1.54) is 0 Å². The third kappa shape index (κ3) is 3.09. The number of H-pyrrole nitrogens is 4. The molecule has 5 heterocycles. The number of benzene rings is 12. The second kappa shape index (κ2) is 9.06. The van der Waals surface area contributed by atoms with Crippen LogP contribution in [-0.2, 0) is 0 Å². The summed E-state index contributed by atoms with van der Waals surface area (Å²) in [5, 5.41) is 95.4. The van der Waals surface area contributed by atoms with E-state index in [-0.39, 0.29) is 90.7 Å². The number of phenolic OH excluding ortho intramolecular Hbond substituents is 8. The van der Waals surface area contributed by atoms with Gasteiger partial charge in [-0.1, -0.05) is 0 Å². The Bertz CT molecular complexity index is 3530. The average molecular weight is 740 g/mol. The molecular weight excluding hydrogens is 718 g/mol. The maximum Gasteiger partial charge on any atom is 0.166 e. The fourth-order valence-electron chi connectivity index (χ4n) is 9.22. The van der Waals surface area contributed by atoms with Gasteiger partial charge in [-0.2, -0.15) is 0 Å². The summed E-state index contributed by atoms with van der Waals surface area (Å²) in [4.78, 5) is 28.5. The third-order valence-electron chi connectivity index (χ3n) is 11.7. The van der Waals surface area contributed by atoms with Gasteiger partial charge >= 0.3 is 0 Å². The van der Waals surface area contributed by atoms with Gasteiger partial charge in [0.1, 0.15) is 33.9 Å². The Hall–Kier alpha value is -8.33. The molecule has 0 unspecified atom stereocenters. The molecule has 0 amide bonds. The number of hydrogen-bond donors (Lipinski definition) is 12. The molecule has 17 rings (SSSR count). The van der Waals surface area contributed by atoms with Crippen LogP contribution in [0.5, 0.6) is 46.0 Å². The van der Waals surface area contributed by atoms with Gasteiger partial charge < -0.3 is 60.8 Å². The zero-order chi connectivity index (χ0) is 37.8. The van der Waals surface area contributed by atoms with Crippen molar-refractivity contribution < 1.29 is 40.9 Å². The Balaban J connectivity index is 1.31. The Labute approximate surface area is 307 Å². The minimum Gasteiger partial charge on any atom is -0.504 e. The molecular formula is C41H21N7O8. The lowest BCUT2D eigenvalue weighted by Gasteiger charge is -2.10. The number of aromatic hydroxyl groups is 8. The number of nitrogens with one attached hydrogen (secondary N) is 4. The molecule has 0 saturated carbocycles. The van der Waals surface area contributed by atoms with E-state index in [9.17, 15) is 40.9 Å². The Morgan fingerprint density at radius 3 is 1.04 bits per heavy atom. The van der Waals surface area contributed by atoms with Crippen molar-refractivity contribution in [1.29, 1.82) is 0 Å². The summed E-state index contributed by atoms with van der Waals surface area (Å²) in [6, 6.07) is 13.4. The molecule has 16 bridgehead atoms. The van der Waals surface area contributed by atoms with E-state index in [0.717, 1.165) is 0 Å². The van der Waals surface area contributed by atoms with Crippen molar-refractivity contribution in [3.63, 3.8) is 0 Å². The van der Waals surface area contributed by atoms with Crippen LogP contribution in [0.15, 0.2) is 63.5 Å². The summed E-state index contributed by atoms with van der Waals surface area (Å²) in [5.41, 5.74) is 1.23. The van der Waals surface area contributed by atoms with Crippen molar-refractivity contribution >= 4 is 110 Å². The number of fused-ring (bicyclic) bond motifs is 16. The van der Waals surface area contributed by atoms with Crippen LogP contribution in [0, 0.1) is 0 Å². The highest BCUT2D eigenvalue weighted by atomic mass is 16.3. The predicted octanol–water partition coefficient (Wildman–Crippen LogP) is 5.62. The quantitative estimate of drug-likeness (QED) is 0.0867. The minimum absolute atomic E-state index is 0.233.